The van der Waals surface area contributed by atoms with Crippen molar-refractivity contribution < 1.29 is 14.3 Å². The van der Waals surface area contributed by atoms with E-state index in [1.54, 1.807) is 7.11 Å². The lowest BCUT2D eigenvalue weighted by molar-refractivity contribution is -0.136. The smallest absolute Gasteiger partial charge is 0.239 e. The molecule has 1 saturated heterocycles. The summed E-state index contributed by atoms with van der Waals surface area (Å²) in [6, 6.07) is 0.121. The number of nitrogens with two attached hydrogens (primary N) is 1. The van der Waals surface area contributed by atoms with E-state index in [0.29, 0.717) is 26.4 Å². The topological polar surface area (TPSA) is 76.8 Å². The first kappa shape index (κ1) is 17.4. The summed E-state index contributed by atoms with van der Waals surface area (Å²) in [7, 11) is 1.69. The lowest BCUT2D eigenvalue weighted by Crippen LogP contribution is -2.59. The molecule has 0 spiro atoms. The number of amides is 1. The Labute approximate surface area is 122 Å². The Morgan fingerprint density at radius 2 is 2.30 bits per heavy atom. The van der Waals surface area contributed by atoms with Gasteiger partial charge in [0.2, 0.25) is 5.91 Å². The van der Waals surface area contributed by atoms with Crippen molar-refractivity contribution in [1.82, 2.24) is 10.2 Å². The molecule has 1 rings (SSSR count). The zero-order valence-electron chi connectivity index (χ0n) is 12.9. The van der Waals surface area contributed by atoms with Crippen LogP contribution in [0.25, 0.3) is 0 Å². The fraction of sp³-hybridized carbons (Fsp3) is 0.929. The fourth-order valence-electron chi connectivity index (χ4n) is 2.55. The van der Waals surface area contributed by atoms with Crippen LogP contribution in [0.4, 0.5) is 0 Å². The molecule has 20 heavy (non-hydrogen) atoms. The summed E-state index contributed by atoms with van der Waals surface area (Å²) in [5, 5.41) is 2.97. The fourth-order valence-corrected chi connectivity index (χ4v) is 2.55. The molecular weight excluding hydrogens is 258 g/mol. The van der Waals surface area contributed by atoms with Crippen LogP contribution in [0.3, 0.4) is 0 Å². The zero-order valence-corrected chi connectivity index (χ0v) is 12.9. The van der Waals surface area contributed by atoms with Crippen molar-refractivity contribution in [3.05, 3.63) is 0 Å². The summed E-state index contributed by atoms with van der Waals surface area (Å²) < 4.78 is 10.8. The number of hydrogen-bond acceptors (Lipinski definition) is 5. The third-order valence-corrected chi connectivity index (χ3v) is 3.47. The van der Waals surface area contributed by atoms with Gasteiger partial charge >= 0.3 is 0 Å². The number of hydrogen-bond donors (Lipinski definition) is 2. The first-order valence-corrected chi connectivity index (χ1v) is 7.43. The normalized spacial score (nSPS) is 21.9. The molecule has 1 amide bonds. The van der Waals surface area contributed by atoms with Gasteiger partial charge in [-0.15, -0.1) is 0 Å². The van der Waals surface area contributed by atoms with Crippen LogP contribution in [-0.2, 0) is 14.3 Å². The van der Waals surface area contributed by atoms with Gasteiger partial charge in [-0.3, -0.25) is 9.69 Å². The standard InChI is InChI=1S/C14H29N3O3/c1-11(2)16-14(18)13-10-20-8-7-17(13)12(9-19-3)5-4-6-15/h11-13H,4-10,15H2,1-3H3,(H,16,18). The number of nitrogens with one attached hydrogen (secondary N) is 1. The molecule has 0 radical (unpaired) electrons. The first-order valence-electron chi connectivity index (χ1n) is 7.43. The van der Waals surface area contributed by atoms with Gasteiger partial charge in [-0.2, -0.15) is 0 Å². The number of methoxy groups -OCH3 is 1. The highest BCUT2D eigenvalue weighted by Crippen LogP contribution is 2.16. The number of morpholine rings is 1. The van der Waals surface area contributed by atoms with Crippen LogP contribution in [0.5, 0.6) is 0 Å². The lowest BCUT2D eigenvalue weighted by atomic mass is 10.1. The van der Waals surface area contributed by atoms with Crippen LogP contribution in [-0.4, -0.2) is 69.0 Å². The maximum Gasteiger partial charge on any atom is 0.239 e. The van der Waals surface area contributed by atoms with Gasteiger partial charge in [0, 0.05) is 25.7 Å². The van der Waals surface area contributed by atoms with E-state index < -0.39 is 0 Å². The largest absolute Gasteiger partial charge is 0.383 e. The van der Waals surface area contributed by atoms with E-state index in [1.165, 1.54) is 0 Å². The molecule has 0 saturated carbocycles. The molecule has 2 atom stereocenters. The maximum atomic E-state index is 12.3. The second-order valence-electron chi connectivity index (χ2n) is 5.53. The van der Waals surface area contributed by atoms with Crippen LogP contribution in [0, 0.1) is 0 Å². The van der Waals surface area contributed by atoms with E-state index in [-0.39, 0.29) is 24.0 Å². The Hall–Kier alpha value is -0.690. The third kappa shape index (κ3) is 5.36. The second kappa shape index (κ2) is 9.28. The number of nitrogens with zero attached hydrogens (tertiary/aromatic N) is 1. The highest BCUT2D eigenvalue weighted by atomic mass is 16.5. The highest BCUT2D eigenvalue weighted by molar-refractivity contribution is 5.82. The highest BCUT2D eigenvalue weighted by Gasteiger charge is 2.34. The Balaban J connectivity index is 2.70. The minimum Gasteiger partial charge on any atom is -0.383 e. The number of carbonyl (C=O) groups is 1. The van der Waals surface area contributed by atoms with E-state index in [2.05, 4.69) is 10.2 Å². The van der Waals surface area contributed by atoms with Crippen molar-refractivity contribution in [2.45, 2.75) is 44.8 Å². The second-order valence-corrected chi connectivity index (χ2v) is 5.53. The summed E-state index contributed by atoms with van der Waals surface area (Å²) >= 11 is 0. The molecular formula is C14H29N3O3. The van der Waals surface area contributed by atoms with E-state index in [0.717, 1.165) is 19.4 Å². The van der Waals surface area contributed by atoms with E-state index >= 15 is 0 Å². The van der Waals surface area contributed by atoms with Gasteiger partial charge in [-0.1, -0.05) is 0 Å². The van der Waals surface area contributed by atoms with Gasteiger partial charge in [0.1, 0.15) is 6.04 Å². The number of carbonyl (C=O) groups excluding carboxylic acids is 1. The molecule has 0 bridgehead atoms. The number of rotatable bonds is 8. The van der Waals surface area contributed by atoms with Crippen LogP contribution in [0.2, 0.25) is 0 Å². The molecule has 1 aliphatic heterocycles. The van der Waals surface area contributed by atoms with Crippen molar-refractivity contribution >= 4 is 5.91 Å². The summed E-state index contributed by atoms with van der Waals surface area (Å²) in [5.74, 6) is 0.0357. The SMILES string of the molecule is COCC(CCCN)N1CCOCC1C(=O)NC(C)C. The zero-order chi connectivity index (χ0) is 15.0. The summed E-state index contributed by atoms with van der Waals surface area (Å²) in [4.78, 5) is 14.5. The van der Waals surface area contributed by atoms with E-state index in [4.69, 9.17) is 15.2 Å². The Morgan fingerprint density at radius 1 is 1.55 bits per heavy atom. The quantitative estimate of drug-likeness (QED) is 0.655. The van der Waals surface area contributed by atoms with Gasteiger partial charge < -0.3 is 20.5 Å². The molecule has 1 aliphatic rings. The van der Waals surface area contributed by atoms with Crippen molar-refractivity contribution in [2.24, 2.45) is 5.73 Å². The monoisotopic (exact) mass is 287 g/mol. The average molecular weight is 287 g/mol. The maximum absolute atomic E-state index is 12.3. The van der Waals surface area contributed by atoms with Crippen molar-refractivity contribution in [2.75, 3.05) is 40.0 Å². The van der Waals surface area contributed by atoms with E-state index in [9.17, 15) is 4.79 Å². The minimum absolute atomic E-state index is 0.0357. The predicted octanol–water partition coefficient (Wildman–Crippen LogP) is -0.0343. The Morgan fingerprint density at radius 3 is 2.90 bits per heavy atom. The first-order chi connectivity index (χ1) is 9.60. The Bertz CT molecular complexity index is 287. The summed E-state index contributed by atoms with van der Waals surface area (Å²) in [5.41, 5.74) is 5.60. The summed E-state index contributed by atoms with van der Waals surface area (Å²) in [6.45, 7) is 7.07. The molecule has 3 N–H and O–H groups in total. The molecule has 1 fully saturated rings. The van der Waals surface area contributed by atoms with Gasteiger partial charge in [0.25, 0.3) is 0 Å². The van der Waals surface area contributed by atoms with E-state index in [1.807, 2.05) is 13.8 Å². The molecule has 118 valence electrons. The van der Waals surface area contributed by atoms with Gasteiger partial charge in [0.05, 0.1) is 19.8 Å². The number of ether oxygens (including phenoxy) is 2. The lowest BCUT2D eigenvalue weighted by Gasteiger charge is -2.40. The molecule has 2 unspecified atom stereocenters. The molecule has 0 aromatic heterocycles. The summed E-state index contributed by atoms with van der Waals surface area (Å²) in [6.07, 6.45) is 1.87. The van der Waals surface area contributed by atoms with Gasteiger partial charge in [-0.05, 0) is 33.2 Å². The van der Waals surface area contributed by atoms with Crippen LogP contribution in [0.15, 0.2) is 0 Å². The molecule has 0 aromatic carbocycles. The molecule has 6 nitrogen and oxygen atoms in total. The van der Waals surface area contributed by atoms with Crippen molar-refractivity contribution in [3.63, 3.8) is 0 Å². The Kier molecular flexibility index (Phi) is 8.06. The minimum atomic E-state index is -0.232. The van der Waals surface area contributed by atoms with Crippen molar-refractivity contribution in [1.29, 1.82) is 0 Å². The molecule has 0 aromatic rings. The van der Waals surface area contributed by atoms with Gasteiger partial charge in [0.15, 0.2) is 0 Å². The predicted molar refractivity (Wildman–Crippen MR) is 78.5 cm³/mol. The van der Waals surface area contributed by atoms with Crippen LogP contribution < -0.4 is 11.1 Å². The molecule has 1 heterocycles. The molecule has 0 aliphatic carbocycles. The average Bonchev–Trinajstić information content (AvgIpc) is 2.42. The van der Waals surface area contributed by atoms with Gasteiger partial charge in [-0.25, -0.2) is 0 Å². The third-order valence-electron chi connectivity index (χ3n) is 3.47. The molecule has 6 heteroatoms. The van der Waals surface area contributed by atoms with Crippen LogP contribution in [0.1, 0.15) is 26.7 Å². The van der Waals surface area contributed by atoms with Crippen LogP contribution >= 0.6 is 0 Å². The van der Waals surface area contributed by atoms with Crippen molar-refractivity contribution in [3.8, 4) is 0 Å².